The van der Waals surface area contributed by atoms with E-state index in [-0.39, 0.29) is 5.41 Å². The number of ether oxygens (including phenoxy) is 3. The van der Waals surface area contributed by atoms with Gasteiger partial charge in [-0.1, -0.05) is 12.8 Å². The van der Waals surface area contributed by atoms with Crippen molar-refractivity contribution in [2.24, 2.45) is 5.41 Å². The van der Waals surface area contributed by atoms with Crippen LogP contribution in [0.4, 0.5) is 0 Å². The highest BCUT2D eigenvalue weighted by molar-refractivity contribution is 5.35. The van der Waals surface area contributed by atoms with Gasteiger partial charge in [0.05, 0.1) is 19.8 Å². The van der Waals surface area contributed by atoms with E-state index >= 15 is 0 Å². The quantitative estimate of drug-likeness (QED) is 0.747. The second-order valence-corrected chi connectivity index (χ2v) is 5.00. The van der Waals surface area contributed by atoms with Crippen LogP contribution in [0.5, 0.6) is 0 Å². The molecule has 18 heavy (non-hydrogen) atoms. The normalized spacial score (nSPS) is 34.2. The lowest BCUT2D eigenvalue weighted by Gasteiger charge is -2.51. The average molecular weight is 244 g/mol. The minimum atomic E-state index is -1.02. The lowest BCUT2D eigenvalue weighted by atomic mass is 9.85. The van der Waals surface area contributed by atoms with Gasteiger partial charge in [0.15, 0.2) is 0 Å². The van der Waals surface area contributed by atoms with Crippen LogP contribution in [0.2, 0.25) is 0 Å². The highest BCUT2D eigenvalue weighted by atomic mass is 16.9. The molecule has 3 aliphatic rings. The molecule has 0 saturated carbocycles. The van der Waals surface area contributed by atoms with Gasteiger partial charge in [-0.2, -0.15) is 0 Å². The molecule has 2 bridgehead atoms. The first-order valence-corrected chi connectivity index (χ1v) is 6.21. The number of fused-ring (bicyclic) bond motifs is 3. The van der Waals surface area contributed by atoms with Gasteiger partial charge in [0.1, 0.15) is 0 Å². The Hall–Kier alpha value is -1.34. The summed E-state index contributed by atoms with van der Waals surface area (Å²) in [6, 6.07) is 7.55. The van der Waals surface area contributed by atoms with Crippen LogP contribution in [-0.4, -0.2) is 19.8 Å². The smallest absolute Gasteiger partial charge is 0.312 e. The van der Waals surface area contributed by atoms with Crippen LogP contribution >= 0.6 is 0 Å². The highest BCUT2D eigenvalue weighted by Crippen LogP contribution is 2.45. The van der Waals surface area contributed by atoms with Gasteiger partial charge in [-0.05, 0) is 30.7 Å². The van der Waals surface area contributed by atoms with Crippen molar-refractivity contribution in [2.45, 2.75) is 19.3 Å². The molecular weight excluding hydrogens is 228 g/mol. The topological polar surface area (TPSA) is 27.7 Å². The Kier molecular flexibility index (Phi) is 2.67. The van der Waals surface area contributed by atoms with E-state index in [0.29, 0.717) is 19.8 Å². The Labute approximate surface area is 107 Å². The average Bonchev–Trinajstić information content (AvgIpc) is 2.49. The van der Waals surface area contributed by atoms with Gasteiger partial charge < -0.3 is 14.2 Å². The van der Waals surface area contributed by atoms with E-state index in [1.54, 1.807) is 0 Å². The molecule has 0 unspecified atom stereocenters. The molecule has 3 heterocycles. The summed E-state index contributed by atoms with van der Waals surface area (Å²) in [5, 5.41) is 0. The lowest BCUT2D eigenvalue weighted by Crippen LogP contribution is -2.58. The summed E-state index contributed by atoms with van der Waals surface area (Å²) in [7, 11) is 0. The molecule has 94 valence electrons. The molecule has 1 aromatic carbocycles. The Morgan fingerprint density at radius 1 is 1.11 bits per heavy atom. The van der Waals surface area contributed by atoms with Crippen molar-refractivity contribution in [2.75, 3.05) is 19.8 Å². The summed E-state index contributed by atoms with van der Waals surface area (Å²) >= 11 is 0. The van der Waals surface area contributed by atoms with E-state index in [9.17, 15) is 0 Å². The third kappa shape index (κ3) is 1.65. The summed E-state index contributed by atoms with van der Waals surface area (Å²) in [4.78, 5) is 0. The minimum absolute atomic E-state index is 0.0283. The number of rotatable bonds is 2. The third-order valence-corrected chi connectivity index (χ3v) is 3.86. The molecule has 4 rings (SSSR count). The minimum Gasteiger partial charge on any atom is -0.323 e. The molecule has 3 fully saturated rings. The molecule has 0 spiro atoms. The molecule has 0 aromatic heterocycles. The SMILES string of the molecule is C#Cc1ccc(C23OCC(CC)(CO2)CO3)cc1. The van der Waals surface area contributed by atoms with Crippen LogP contribution in [0, 0.1) is 17.8 Å². The molecule has 3 aliphatic heterocycles. The van der Waals surface area contributed by atoms with E-state index in [1.165, 1.54) is 0 Å². The summed E-state index contributed by atoms with van der Waals surface area (Å²) in [5.41, 5.74) is 1.73. The number of hydrogen-bond acceptors (Lipinski definition) is 3. The van der Waals surface area contributed by atoms with E-state index in [0.717, 1.165) is 17.5 Å². The van der Waals surface area contributed by atoms with Crippen molar-refractivity contribution in [1.82, 2.24) is 0 Å². The van der Waals surface area contributed by atoms with Gasteiger partial charge >= 0.3 is 5.97 Å². The second kappa shape index (κ2) is 4.10. The van der Waals surface area contributed by atoms with Gasteiger partial charge in [-0.15, -0.1) is 6.42 Å². The Balaban J connectivity index is 1.87. The standard InChI is InChI=1S/C15H16O3/c1-3-12-5-7-13(8-6-12)15-16-9-14(4-2,10-17-15)11-18-15/h1,5-8H,4,9-11H2,2H3. The van der Waals surface area contributed by atoms with E-state index in [1.807, 2.05) is 24.3 Å². The third-order valence-electron chi connectivity index (χ3n) is 3.86. The zero-order valence-corrected chi connectivity index (χ0v) is 10.4. The number of hydrogen-bond donors (Lipinski definition) is 0. The Morgan fingerprint density at radius 2 is 1.67 bits per heavy atom. The Bertz CT molecular complexity index is 459. The zero-order valence-electron chi connectivity index (χ0n) is 10.4. The van der Waals surface area contributed by atoms with E-state index < -0.39 is 5.97 Å². The molecule has 0 aliphatic carbocycles. The monoisotopic (exact) mass is 244 g/mol. The van der Waals surface area contributed by atoms with Crippen molar-refractivity contribution in [3.8, 4) is 12.3 Å². The van der Waals surface area contributed by atoms with Gasteiger partial charge in [-0.3, -0.25) is 0 Å². The van der Waals surface area contributed by atoms with Crippen LogP contribution < -0.4 is 0 Å². The molecule has 0 radical (unpaired) electrons. The molecule has 1 aromatic rings. The maximum absolute atomic E-state index is 5.82. The lowest BCUT2D eigenvalue weighted by molar-refractivity contribution is -0.480. The van der Waals surface area contributed by atoms with Crippen LogP contribution in [0.25, 0.3) is 0 Å². The maximum atomic E-state index is 5.82. The number of benzene rings is 1. The van der Waals surface area contributed by atoms with Crippen molar-refractivity contribution < 1.29 is 14.2 Å². The fraction of sp³-hybridized carbons (Fsp3) is 0.467. The number of terminal acetylenes is 1. The predicted molar refractivity (Wildman–Crippen MR) is 66.6 cm³/mol. The first-order chi connectivity index (χ1) is 8.72. The molecular formula is C15H16O3. The highest BCUT2D eigenvalue weighted by Gasteiger charge is 2.52. The first-order valence-electron chi connectivity index (χ1n) is 6.21. The fourth-order valence-electron chi connectivity index (χ4n) is 2.32. The molecule has 3 nitrogen and oxygen atoms in total. The van der Waals surface area contributed by atoms with Crippen molar-refractivity contribution in [1.29, 1.82) is 0 Å². The van der Waals surface area contributed by atoms with Crippen LogP contribution in [0.15, 0.2) is 24.3 Å². The molecule has 0 N–H and O–H groups in total. The molecule has 0 atom stereocenters. The first kappa shape index (κ1) is 11.7. The summed E-state index contributed by atoms with van der Waals surface area (Å²) < 4.78 is 17.5. The van der Waals surface area contributed by atoms with E-state index in [4.69, 9.17) is 20.6 Å². The zero-order chi connectivity index (χ0) is 12.6. The second-order valence-electron chi connectivity index (χ2n) is 5.00. The van der Waals surface area contributed by atoms with Gasteiger partial charge in [0.2, 0.25) is 0 Å². The molecule has 3 saturated heterocycles. The summed E-state index contributed by atoms with van der Waals surface area (Å²) in [5.74, 6) is 1.57. The van der Waals surface area contributed by atoms with Crippen LogP contribution in [0.3, 0.4) is 0 Å². The largest absolute Gasteiger partial charge is 0.323 e. The molecule has 0 amide bonds. The Morgan fingerprint density at radius 3 is 2.11 bits per heavy atom. The van der Waals surface area contributed by atoms with Crippen LogP contribution in [-0.2, 0) is 20.2 Å². The van der Waals surface area contributed by atoms with Crippen molar-refractivity contribution in [3.05, 3.63) is 35.4 Å². The van der Waals surface area contributed by atoms with Gasteiger partial charge in [-0.25, -0.2) is 0 Å². The summed E-state index contributed by atoms with van der Waals surface area (Å²) in [6.07, 6.45) is 6.34. The predicted octanol–water partition coefficient (Wildman–Crippen LogP) is 2.25. The fourth-order valence-corrected chi connectivity index (χ4v) is 2.32. The van der Waals surface area contributed by atoms with Crippen molar-refractivity contribution in [3.63, 3.8) is 0 Å². The van der Waals surface area contributed by atoms with E-state index in [2.05, 4.69) is 12.8 Å². The van der Waals surface area contributed by atoms with Crippen molar-refractivity contribution >= 4 is 0 Å². The van der Waals surface area contributed by atoms with Crippen LogP contribution in [0.1, 0.15) is 24.5 Å². The van der Waals surface area contributed by atoms with Gasteiger partial charge in [0.25, 0.3) is 0 Å². The van der Waals surface area contributed by atoms with Gasteiger partial charge in [0, 0.05) is 16.5 Å². The summed E-state index contributed by atoms with van der Waals surface area (Å²) in [6.45, 7) is 4.18. The maximum Gasteiger partial charge on any atom is 0.312 e. The molecule has 3 heteroatoms.